The van der Waals surface area contributed by atoms with Gasteiger partial charge >= 0.3 is 0 Å². The molecule has 5 nitrogen and oxygen atoms in total. The summed E-state index contributed by atoms with van der Waals surface area (Å²) < 4.78 is 18.4. The fourth-order valence-electron chi connectivity index (χ4n) is 3.78. The number of rotatable bonds is 4. The molecule has 0 radical (unpaired) electrons. The molecule has 2 fully saturated rings. The van der Waals surface area contributed by atoms with Crippen molar-refractivity contribution in [3.05, 3.63) is 36.0 Å². The van der Waals surface area contributed by atoms with Crippen molar-refractivity contribution < 1.29 is 8.91 Å². The first kappa shape index (κ1) is 15.7. The molecule has 0 N–H and O–H groups in total. The molecule has 2 aliphatic rings. The maximum Gasteiger partial charge on any atom is 0.241 e. The van der Waals surface area contributed by atoms with Crippen molar-refractivity contribution in [1.29, 1.82) is 0 Å². The third kappa shape index (κ3) is 3.49. The van der Waals surface area contributed by atoms with Gasteiger partial charge in [-0.2, -0.15) is 4.98 Å². The van der Waals surface area contributed by atoms with Crippen LogP contribution in [0, 0.1) is 5.82 Å². The van der Waals surface area contributed by atoms with Crippen LogP contribution in [0.2, 0.25) is 0 Å². The lowest BCUT2D eigenvalue weighted by molar-refractivity contribution is 0.0868. The lowest BCUT2D eigenvalue weighted by Gasteiger charge is -2.37. The normalized spacial score (nSPS) is 20.7. The molecule has 1 aliphatic heterocycles. The minimum absolute atomic E-state index is 0.261. The van der Waals surface area contributed by atoms with Crippen molar-refractivity contribution >= 4 is 0 Å². The average Bonchev–Trinajstić information content (AvgIpc) is 3.28. The SMILES string of the molecule is Fc1ccc(-c2noc(CN3CCN(C4CCCC4)CC3)n2)cc1. The van der Waals surface area contributed by atoms with Crippen molar-refractivity contribution in [1.82, 2.24) is 19.9 Å². The first-order chi connectivity index (χ1) is 11.8. The Bertz CT molecular complexity index is 658. The predicted molar refractivity (Wildman–Crippen MR) is 88.8 cm³/mol. The summed E-state index contributed by atoms with van der Waals surface area (Å²) in [6, 6.07) is 6.97. The Morgan fingerprint density at radius 1 is 1.04 bits per heavy atom. The van der Waals surface area contributed by atoms with Crippen molar-refractivity contribution in [2.45, 2.75) is 38.3 Å². The highest BCUT2D eigenvalue weighted by molar-refractivity contribution is 5.53. The van der Waals surface area contributed by atoms with Gasteiger partial charge in [-0.25, -0.2) is 4.39 Å². The number of halogens is 1. The first-order valence-corrected chi connectivity index (χ1v) is 8.83. The van der Waals surface area contributed by atoms with Gasteiger partial charge < -0.3 is 4.52 Å². The Morgan fingerprint density at radius 2 is 1.75 bits per heavy atom. The van der Waals surface area contributed by atoms with Crippen LogP contribution in [0.25, 0.3) is 11.4 Å². The molecule has 6 heteroatoms. The number of nitrogens with zero attached hydrogens (tertiary/aromatic N) is 4. The summed E-state index contributed by atoms with van der Waals surface area (Å²) in [5.41, 5.74) is 0.775. The van der Waals surface area contributed by atoms with Crippen LogP contribution in [0.5, 0.6) is 0 Å². The van der Waals surface area contributed by atoms with Crippen LogP contribution in [0.1, 0.15) is 31.6 Å². The van der Waals surface area contributed by atoms with Crippen LogP contribution in [0.3, 0.4) is 0 Å². The van der Waals surface area contributed by atoms with E-state index in [2.05, 4.69) is 19.9 Å². The quantitative estimate of drug-likeness (QED) is 0.862. The molecule has 0 amide bonds. The Hall–Kier alpha value is -1.79. The third-order valence-electron chi connectivity index (χ3n) is 5.18. The molecular formula is C18H23FN4O. The lowest BCUT2D eigenvalue weighted by atomic mass is 10.2. The van der Waals surface area contributed by atoms with Crippen LogP contribution in [-0.4, -0.2) is 52.2 Å². The van der Waals surface area contributed by atoms with Crippen LogP contribution in [0.15, 0.2) is 28.8 Å². The van der Waals surface area contributed by atoms with E-state index in [1.807, 2.05) is 0 Å². The van der Waals surface area contributed by atoms with Gasteiger partial charge in [0.15, 0.2) is 0 Å². The van der Waals surface area contributed by atoms with Crippen molar-refractivity contribution in [2.24, 2.45) is 0 Å². The maximum absolute atomic E-state index is 13.0. The highest BCUT2D eigenvalue weighted by Crippen LogP contribution is 2.24. The molecular weight excluding hydrogens is 307 g/mol. The molecule has 2 aromatic rings. The molecule has 1 aromatic carbocycles. The molecule has 0 spiro atoms. The molecule has 128 valence electrons. The summed E-state index contributed by atoms with van der Waals surface area (Å²) in [5.74, 6) is 0.890. The van der Waals surface area contributed by atoms with E-state index in [9.17, 15) is 4.39 Å². The molecule has 1 saturated carbocycles. The largest absolute Gasteiger partial charge is 0.338 e. The molecule has 1 saturated heterocycles. The summed E-state index contributed by atoms with van der Waals surface area (Å²) in [5, 5.41) is 4.01. The maximum atomic E-state index is 13.0. The summed E-state index contributed by atoms with van der Waals surface area (Å²) in [6.07, 6.45) is 5.51. The Balaban J connectivity index is 1.32. The minimum Gasteiger partial charge on any atom is -0.338 e. The summed E-state index contributed by atoms with van der Waals surface area (Å²) in [7, 11) is 0. The van der Waals surface area contributed by atoms with Gasteiger partial charge in [0.25, 0.3) is 0 Å². The Kier molecular flexibility index (Phi) is 4.58. The van der Waals surface area contributed by atoms with E-state index in [1.165, 1.54) is 37.8 Å². The predicted octanol–water partition coefficient (Wildman–Crippen LogP) is 2.94. The first-order valence-electron chi connectivity index (χ1n) is 8.83. The highest BCUT2D eigenvalue weighted by atomic mass is 19.1. The van der Waals surface area contributed by atoms with Crippen LogP contribution in [0.4, 0.5) is 4.39 Å². The number of benzene rings is 1. The smallest absolute Gasteiger partial charge is 0.241 e. The Labute approximate surface area is 141 Å². The molecule has 1 aliphatic carbocycles. The summed E-state index contributed by atoms with van der Waals surface area (Å²) in [4.78, 5) is 9.45. The lowest BCUT2D eigenvalue weighted by Crippen LogP contribution is -2.49. The summed E-state index contributed by atoms with van der Waals surface area (Å²) >= 11 is 0. The van der Waals surface area contributed by atoms with E-state index < -0.39 is 0 Å². The van der Waals surface area contributed by atoms with Gasteiger partial charge in [0, 0.05) is 37.8 Å². The van der Waals surface area contributed by atoms with Gasteiger partial charge in [-0.05, 0) is 37.1 Å². The zero-order valence-corrected chi connectivity index (χ0v) is 13.8. The molecule has 1 aromatic heterocycles. The fraction of sp³-hybridized carbons (Fsp3) is 0.556. The molecule has 2 heterocycles. The standard InChI is InChI=1S/C18H23FN4O/c19-15-7-5-14(6-8-15)18-20-17(24-21-18)13-22-9-11-23(12-10-22)16-3-1-2-4-16/h5-8,16H,1-4,9-13H2. The van der Waals surface area contributed by atoms with Gasteiger partial charge in [-0.15, -0.1) is 0 Å². The monoisotopic (exact) mass is 330 g/mol. The molecule has 24 heavy (non-hydrogen) atoms. The number of hydrogen-bond donors (Lipinski definition) is 0. The van der Waals surface area contributed by atoms with Gasteiger partial charge in [-0.1, -0.05) is 18.0 Å². The van der Waals surface area contributed by atoms with E-state index in [4.69, 9.17) is 4.52 Å². The number of piperazine rings is 1. The van der Waals surface area contributed by atoms with Crippen molar-refractivity contribution in [3.63, 3.8) is 0 Å². The molecule has 0 unspecified atom stereocenters. The second-order valence-electron chi connectivity index (χ2n) is 6.77. The van der Waals surface area contributed by atoms with Crippen LogP contribution >= 0.6 is 0 Å². The molecule has 4 rings (SSSR count). The van der Waals surface area contributed by atoms with E-state index in [1.54, 1.807) is 12.1 Å². The minimum atomic E-state index is -0.261. The number of aromatic nitrogens is 2. The van der Waals surface area contributed by atoms with Gasteiger partial charge in [0.1, 0.15) is 5.82 Å². The van der Waals surface area contributed by atoms with E-state index in [-0.39, 0.29) is 5.82 Å². The van der Waals surface area contributed by atoms with E-state index in [0.29, 0.717) is 18.3 Å². The highest BCUT2D eigenvalue weighted by Gasteiger charge is 2.26. The zero-order chi connectivity index (χ0) is 16.4. The second kappa shape index (κ2) is 6.99. The van der Waals surface area contributed by atoms with Crippen LogP contribution < -0.4 is 0 Å². The van der Waals surface area contributed by atoms with Crippen molar-refractivity contribution in [2.75, 3.05) is 26.2 Å². The van der Waals surface area contributed by atoms with Gasteiger partial charge in [0.2, 0.25) is 11.7 Å². The van der Waals surface area contributed by atoms with E-state index in [0.717, 1.165) is 37.8 Å². The van der Waals surface area contributed by atoms with Crippen molar-refractivity contribution in [3.8, 4) is 11.4 Å². The topological polar surface area (TPSA) is 45.4 Å². The molecule has 0 atom stereocenters. The second-order valence-corrected chi connectivity index (χ2v) is 6.77. The third-order valence-corrected chi connectivity index (χ3v) is 5.18. The summed E-state index contributed by atoms with van der Waals surface area (Å²) in [6.45, 7) is 5.04. The number of hydrogen-bond acceptors (Lipinski definition) is 5. The Morgan fingerprint density at radius 3 is 2.46 bits per heavy atom. The fourth-order valence-corrected chi connectivity index (χ4v) is 3.78. The van der Waals surface area contributed by atoms with Gasteiger partial charge in [0.05, 0.1) is 6.54 Å². The zero-order valence-electron chi connectivity index (χ0n) is 13.8. The van der Waals surface area contributed by atoms with Crippen LogP contribution in [-0.2, 0) is 6.54 Å². The molecule has 0 bridgehead atoms. The van der Waals surface area contributed by atoms with E-state index >= 15 is 0 Å². The average molecular weight is 330 g/mol. The van der Waals surface area contributed by atoms with Gasteiger partial charge in [-0.3, -0.25) is 9.80 Å².